The third-order valence-electron chi connectivity index (χ3n) is 4.37. The first-order chi connectivity index (χ1) is 13.2. The highest BCUT2D eigenvalue weighted by molar-refractivity contribution is 8.00. The van der Waals surface area contributed by atoms with Crippen molar-refractivity contribution in [2.75, 3.05) is 4.72 Å². The van der Waals surface area contributed by atoms with Crippen molar-refractivity contribution in [2.45, 2.75) is 24.3 Å². The molecule has 0 aliphatic rings. The van der Waals surface area contributed by atoms with E-state index in [1.807, 2.05) is 61.4 Å². The van der Waals surface area contributed by atoms with Crippen molar-refractivity contribution in [1.82, 2.24) is 24.5 Å². The molecule has 0 fully saturated rings. The van der Waals surface area contributed by atoms with Crippen LogP contribution in [0.4, 0.5) is 5.69 Å². The van der Waals surface area contributed by atoms with Gasteiger partial charge >= 0.3 is 0 Å². The van der Waals surface area contributed by atoms with E-state index in [0.717, 1.165) is 27.0 Å². The number of aliphatic hydroxyl groups is 1. The van der Waals surface area contributed by atoms with E-state index in [2.05, 4.69) is 19.9 Å². The highest BCUT2D eigenvalue weighted by Gasteiger charge is 2.10. The Morgan fingerprint density at radius 1 is 1.22 bits per heavy atom. The van der Waals surface area contributed by atoms with Crippen LogP contribution in [0.1, 0.15) is 25.0 Å². The number of aryl methyl sites for hydroxylation is 1. The van der Waals surface area contributed by atoms with Gasteiger partial charge in [0.1, 0.15) is 0 Å². The minimum atomic E-state index is -0.489. The first kappa shape index (κ1) is 17.6. The number of nitrogens with one attached hydrogen (secondary N) is 1. The molecule has 0 bridgehead atoms. The maximum absolute atomic E-state index is 10.0. The zero-order chi connectivity index (χ0) is 18.8. The molecule has 27 heavy (non-hydrogen) atoms. The van der Waals surface area contributed by atoms with Crippen LogP contribution in [-0.2, 0) is 7.05 Å². The molecule has 4 aromatic rings. The Balaban J connectivity index is 1.52. The van der Waals surface area contributed by atoms with E-state index in [-0.39, 0.29) is 0 Å². The number of para-hydroxylation sites is 1. The Bertz CT molecular complexity index is 1070. The molecule has 0 radical (unpaired) electrons. The first-order valence-electron chi connectivity index (χ1n) is 8.68. The fourth-order valence-corrected chi connectivity index (χ4v) is 3.56. The quantitative estimate of drug-likeness (QED) is 0.496. The Kier molecular flexibility index (Phi) is 4.83. The van der Waals surface area contributed by atoms with E-state index in [4.69, 9.17) is 0 Å². The zero-order valence-corrected chi connectivity index (χ0v) is 15.9. The van der Waals surface area contributed by atoms with Gasteiger partial charge in [0.2, 0.25) is 0 Å². The second-order valence-corrected chi connectivity index (χ2v) is 7.09. The van der Waals surface area contributed by atoms with Crippen LogP contribution in [0.25, 0.3) is 16.7 Å². The van der Waals surface area contributed by atoms with Crippen LogP contribution in [0.5, 0.6) is 0 Å². The lowest BCUT2D eigenvalue weighted by Gasteiger charge is -2.09. The molecule has 138 valence electrons. The molecule has 1 aromatic carbocycles. The molecule has 3 heterocycles. The van der Waals surface area contributed by atoms with Crippen LogP contribution in [0.15, 0.2) is 60.0 Å². The zero-order valence-electron chi connectivity index (χ0n) is 15.1. The molecule has 0 aliphatic heterocycles. The average Bonchev–Trinajstić information content (AvgIpc) is 3.33. The van der Waals surface area contributed by atoms with Crippen molar-refractivity contribution in [2.24, 2.45) is 7.05 Å². The van der Waals surface area contributed by atoms with Gasteiger partial charge in [-0.2, -0.15) is 10.2 Å². The van der Waals surface area contributed by atoms with Gasteiger partial charge in [0.15, 0.2) is 5.82 Å². The molecule has 0 saturated carbocycles. The Labute approximate surface area is 161 Å². The number of hydrogen-bond donors (Lipinski definition) is 2. The van der Waals surface area contributed by atoms with E-state index < -0.39 is 6.10 Å². The normalized spacial score (nSPS) is 12.4. The van der Waals surface area contributed by atoms with Crippen molar-refractivity contribution in [3.8, 4) is 5.82 Å². The standard InChI is InChI=1S/C19H20N6OS/c1-3-17(26)13-7-8-20-18(9-13)25-12-15(11-22-25)27-23-16-6-4-5-14-10-21-24(2)19(14)16/h4-12,17,23,26H,3H2,1-2H3. The largest absolute Gasteiger partial charge is 0.388 e. The molecule has 7 nitrogen and oxygen atoms in total. The van der Waals surface area contributed by atoms with Crippen LogP contribution in [0.2, 0.25) is 0 Å². The summed E-state index contributed by atoms with van der Waals surface area (Å²) in [4.78, 5) is 5.31. The third kappa shape index (κ3) is 3.54. The highest BCUT2D eigenvalue weighted by atomic mass is 32.2. The van der Waals surface area contributed by atoms with E-state index in [1.165, 1.54) is 11.9 Å². The molecular weight excluding hydrogens is 360 g/mol. The van der Waals surface area contributed by atoms with Gasteiger partial charge in [0, 0.05) is 24.8 Å². The number of rotatable bonds is 6. The summed E-state index contributed by atoms with van der Waals surface area (Å²) in [5, 5.41) is 19.8. The summed E-state index contributed by atoms with van der Waals surface area (Å²) in [6.45, 7) is 1.95. The topological polar surface area (TPSA) is 80.8 Å². The van der Waals surface area contributed by atoms with Crippen molar-refractivity contribution in [3.63, 3.8) is 0 Å². The van der Waals surface area contributed by atoms with Crippen molar-refractivity contribution >= 4 is 28.5 Å². The molecule has 3 aromatic heterocycles. The lowest BCUT2D eigenvalue weighted by molar-refractivity contribution is 0.173. The van der Waals surface area contributed by atoms with Gasteiger partial charge in [0.05, 0.1) is 34.6 Å². The van der Waals surface area contributed by atoms with Gasteiger partial charge in [-0.1, -0.05) is 19.1 Å². The second-order valence-electron chi connectivity index (χ2n) is 6.21. The number of anilines is 1. The average molecular weight is 380 g/mol. The maximum atomic E-state index is 10.0. The fraction of sp³-hybridized carbons (Fsp3) is 0.211. The van der Waals surface area contributed by atoms with Gasteiger partial charge in [0.25, 0.3) is 0 Å². The molecule has 0 saturated heterocycles. The van der Waals surface area contributed by atoms with Crippen LogP contribution >= 0.6 is 11.9 Å². The van der Waals surface area contributed by atoms with E-state index in [0.29, 0.717) is 12.2 Å². The fourth-order valence-electron chi connectivity index (χ4n) is 2.92. The number of nitrogens with zero attached hydrogens (tertiary/aromatic N) is 5. The lowest BCUT2D eigenvalue weighted by Crippen LogP contribution is -2.01. The summed E-state index contributed by atoms with van der Waals surface area (Å²) in [7, 11) is 1.93. The maximum Gasteiger partial charge on any atom is 0.153 e. The van der Waals surface area contributed by atoms with Crippen LogP contribution in [0.3, 0.4) is 0 Å². The molecule has 1 unspecified atom stereocenters. The summed E-state index contributed by atoms with van der Waals surface area (Å²) in [5.41, 5.74) is 2.89. The predicted octanol–water partition coefficient (Wildman–Crippen LogP) is 3.72. The van der Waals surface area contributed by atoms with Crippen LogP contribution in [-0.4, -0.2) is 29.7 Å². The smallest absolute Gasteiger partial charge is 0.153 e. The second kappa shape index (κ2) is 7.42. The van der Waals surface area contributed by atoms with Crippen LogP contribution in [0, 0.1) is 0 Å². The summed E-state index contributed by atoms with van der Waals surface area (Å²) in [5.74, 6) is 0.681. The number of pyridine rings is 1. The summed E-state index contributed by atoms with van der Waals surface area (Å²) in [6, 6.07) is 9.76. The van der Waals surface area contributed by atoms with Crippen molar-refractivity contribution in [3.05, 3.63) is 60.7 Å². The van der Waals surface area contributed by atoms with Gasteiger partial charge in [-0.25, -0.2) is 9.67 Å². The molecule has 1 atom stereocenters. The van der Waals surface area contributed by atoms with Gasteiger partial charge in [-0.05, 0) is 42.1 Å². The van der Waals surface area contributed by atoms with E-state index in [9.17, 15) is 5.11 Å². The minimum Gasteiger partial charge on any atom is -0.388 e. The molecule has 0 aliphatic carbocycles. The lowest BCUT2D eigenvalue weighted by atomic mass is 10.1. The SMILES string of the molecule is CCC(O)c1ccnc(-n2cc(SNc3cccc4cnn(C)c34)cn2)c1. The molecule has 2 N–H and O–H groups in total. The van der Waals surface area contributed by atoms with E-state index in [1.54, 1.807) is 17.1 Å². The Morgan fingerprint density at radius 3 is 2.96 bits per heavy atom. The summed E-state index contributed by atoms with van der Waals surface area (Å²) in [6.07, 6.45) is 7.41. The van der Waals surface area contributed by atoms with Crippen LogP contribution < -0.4 is 4.72 Å². The van der Waals surface area contributed by atoms with Gasteiger partial charge in [-0.3, -0.25) is 4.68 Å². The van der Waals surface area contributed by atoms with Crippen molar-refractivity contribution in [1.29, 1.82) is 0 Å². The van der Waals surface area contributed by atoms with Gasteiger partial charge < -0.3 is 9.83 Å². The first-order valence-corrected chi connectivity index (χ1v) is 9.50. The Hall–Kier alpha value is -2.84. The summed E-state index contributed by atoms with van der Waals surface area (Å²) < 4.78 is 6.94. The molecule has 4 rings (SSSR count). The molecule has 0 spiro atoms. The number of hydrogen-bond acceptors (Lipinski definition) is 6. The summed E-state index contributed by atoms with van der Waals surface area (Å²) >= 11 is 1.48. The number of aromatic nitrogens is 5. The molecular formula is C19H20N6OS. The monoisotopic (exact) mass is 380 g/mol. The highest BCUT2D eigenvalue weighted by Crippen LogP contribution is 2.28. The number of fused-ring (bicyclic) bond motifs is 1. The predicted molar refractivity (Wildman–Crippen MR) is 107 cm³/mol. The number of aliphatic hydroxyl groups excluding tert-OH is 1. The number of benzene rings is 1. The van der Waals surface area contributed by atoms with Crippen molar-refractivity contribution < 1.29 is 5.11 Å². The van der Waals surface area contributed by atoms with Gasteiger partial charge in [-0.15, -0.1) is 0 Å². The van der Waals surface area contributed by atoms with E-state index >= 15 is 0 Å². The third-order valence-corrected chi connectivity index (χ3v) is 5.14. The minimum absolute atomic E-state index is 0.489. The molecule has 0 amide bonds. The Morgan fingerprint density at radius 2 is 2.11 bits per heavy atom. The molecule has 8 heteroatoms.